The van der Waals surface area contributed by atoms with E-state index in [9.17, 15) is 0 Å². The van der Waals surface area contributed by atoms with E-state index in [0.717, 1.165) is 28.2 Å². The molecule has 0 spiro atoms. The van der Waals surface area contributed by atoms with E-state index in [4.69, 9.17) is 0 Å². The fourth-order valence-corrected chi connectivity index (χ4v) is 12.3. The van der Waals surface area contributed by atoms with Crippen LogP contribution in [0.1, 0.15) is 22.3 Å². The van der Waals surface area contributed by atoms with E-state index < -0.39 is 5.41 Å². The van der Waals surface area contributed by atoms with Gasteiger partial charge < -0.3 is 4.90 Å². The largest absolute Gasteiger partial charge is 0.310 e. The van der Waals surface area contributed by atoms with Crippen LogP contribution in [0.3, 0.4) is 0 Å². The fourth-order valence-electron chi connectivity index (χ4n) is 12.3. The Morgan fingerprint density at radius 3 is 1.24 bits per heavy atom. The molecule has 0 fully saturated rings. The standard InChI is InChI=1S/C75H51N/c1-6-21-52(22-7-1)53-37-39-54(40-38-53)55-41-44-62(45-42-55)76(64-46-48-72-69(51-64)67-34-18-19-36-71(67)75(72,60-28-12-4-13-29-60)61-30-14-5-15-31-61)63-32-20-27-58(49-63)59-43-47-66-65-33-16-17-35-68(65)73(56-23-8-2-9-24-56)74(70(66)50-59)57-25-10-3-11-26-57/h1-51H. The minimum atomic E-state index is -0.490. The van der Waals surface area contributed by atoms with Crippen LogP contribution in [0.15, 0.2) is 309 Å². The predicted octanol–water partition coefficient (Wildman–Crippen LogP) is 20.2. The third-order valence-electron chi connectivity index (χ3n) is 15.7. The molecule has 0 bridgehead atoms. The van der Waals surface area contributed by atoms with Gasteiger partial charge in [-0.05, 0) is 153 Å². The lowest BCUT2D eigenvalue weighted by atomic mass is 9.68. The predicted molar refractivity (Wildman–Crippen MR) is 321 cm³/mol. The van der Waals surface area contributed by atoms with Gasteiger partial charge in [-0.2, -0.15) is 0 Å². The van der Waals surface area contributed by atoms with Crippen LogP contribution in [0.25, 0.3) is 88.3 Å². The van der Waals surface area contributed by atoms with Crippen molar-refractivity contribution in [2.24, 2.45) is 0 Å². The molecule has 14 rings (SSSR count). The number of rotatable bonds is 10. The molecule has 0 amide bonds. The number of hydrogen-bond acceptors (Lipinski definition) is 1. The summed E-state index contributed by atoms with van der Waals surface area (Å²) in [5.41, 5.74) is 22.3. The zero-order chi connectivity index (χ0) is 50.4. The normalized spacial score (nSPS) is 12.3. The van der Waals surface area contributed by atoms with Gasteiger partial charge in [0.15, 0.2) is 0 Å². The Morgan fingerprint density at radius 2 is 0.618 bits per heavy atom. The van der Waals surface area contributed by atoms with Gasteiger partial charge in [0, 0.05) is 17.1 Å². The second-order valence-corrected chi connectivity index (χ2v) is 19.9. The fraction of sp³-hybridized carbons (Fsp3) is 0.0133. The summed E-state index contributed by atoms with van der Waals surface area (Å²) in [6, 6.07) is 114. The van der Waals surface area contributed by atoms with Gasteiger partial charge in [0.1, 0.15) is 0 Å². The molecule has 1 aliphatic rings. The van der Waals surface area contributed by atoms with Crippen LogP contribution in [0.2, 0.25) is 0 Å². The summed E-state index contributed by atoms with van der Waals surface area (Å²) in [5, 5.41) is 4.97. The maximum atomic E-state index is 2.44. The molecule has 1 aliphatic carbocycles. The quantitative estimate of drug-likeness (QED) is 0.123. The van der Waals surface area contributed by atoms with E-state index in [0.29, 0.717) is 0 Å². The molecule has 13 aromatic carbocycles. The van der Waals surface area contributed by atoms with Gasteiger partial charge in [-0.3, -0.25) is 0 Å². The maximum Gasteiger partial charge on any atom is 0.0713 e. The van der Waals surface area contributed by atoms with E-state index in [1.807, 2.05) is 0 Å². The monoisotopic (exact) mass is 965 g/mol. The van der Waals surface area contributed by atoms with E-state index >= 15 is 0 Å². The van der Waals surface area contributed by atoms with Crippen LogP contribution >= 0.6 is 0 Å². The second-order valence-electron chi connectivity index (χ2n) is 19.9. The van der Waals surface area contributed by atoms with Gasteiger partial charge in [-0.1, -0.05) is 267 Å². The van der Waals surface area contributed by atoms with E-state index in [2.05, 4.69) is 314 Å². The average molecular weight is 966 g/mol. The lowest BCUT2D eigenvalue weighted by Gasteiger charge is -2.34. The van der Waals surface area contributed by atoms with Crippen LogP contribution in [-0.2, 0) is 5.41 Å². The molecule has 356 valence electrons. The molecule has 13 aromatic rings. The van der Waals surface area contributed by atoms with Crippen molar-refractivity contribution in [1.29, 1.82) is 0 Å². The molecular weight excluding hydrogens is 915 g/mol. The minimum Gasteiger partial charge on any atom is -0.310 e. The summed E-state index contributed by atoms with van der Waals surface area (Å²) in [5.74, 6) is 0. The molecule has 1 nitrogen and oxygen atoms in total. The van der Waals surface area contributed by atoms with Crippen molar-refractivity contribution < 1.29 is 0 Å². The van der Waals surface area contributed by atoms with Crippen LogP contribution in [0, 0.1) is 0 Å². The van der Waals surface area contributed by atoms with Gasteiger partial charge >= 0.3 is 0 Å². The third-order valence-corrected chi connectivity index (χ3v) is 15.7. The molecule has 0 radical (unpaired) electrons. The number of anilines is 3. The van der Waals surface area contributed by atoms with Gasteiger partial charge in [-0.25, -0.2) is 0 Å². The summed E-state index contributed by atoms with van der Waals surface area (Å²) in [7, 11) is 0. The number of benzene rings is 13. The van der Waals surface area contributed by atoms with Gasteiger partial charge in [0.2, 0.25) is 0 Å². The first kappa shape index (κ1) is 44.8. The lowest BCUT2D eigenvalue weighted by molar-refractivity contribution is 0.768. The maximum absolute atomic E-state index is 2.44. The molecule has 0 heterocycles. The number of nitrogens with zero attached hydrogens (tertiary/aromatic N) is 1. The second kappa shape index (κ2) is 18.9. The Kier molecular flexibility index (Phi) is 11.2. The Morgan fingerprint density at radius 1 is 0.211 bits per heavy atom. The molecule has 1 heteroatoms. The minimum absolute atomic E-state index is 0.490. The summed E-state index contributed by atoms with van der Waals surface area (Å²) in [4.78, 5) is 2.44. The third kappa shape index (κ3) is 7.55. The van der Waals surface area contributed by atoms with Crippen LogP contribution in [0.5, 0.6) is 0 Å². The molecule has 0 saturated heterocycles. The molecule has 0 unspecified atom stereocenters. The highest BCUT2D eigenvalue weighted by molar-refractivity contribution is 6.22. The Labute approximate surface area is 444 Å². The molecule has 0 saturated carbocycles. The number of hydrogen-bond donors (Lipinski definition) is 0. The first-order valence-electron chi connectivity index (χ1n) is 26.3. The Balaban J connectivity index is 0.946. The van der Waals surface area contributed by atoms with E-state index in [-0.39, 0.29) is 0 Å². The first-order chi connectivity index (χ1) is 37.7. The zero-order valence-electron chi connectivity index (χ0n) is 41.9. The summed E-state index contributed by atoms with van der Waals surface area (Å²) < 4.78 is 0. The molecule has 0 atom stereocenters. The average Bonchev–Trinajstić information content (AvgIpc) is 4.04. The van der Waals surface area contributed by atoms with Crippen molar-refractivity contribution in [1.82, 2.24) is 0 Å². The highest BCUT2D eigenvalue weighted by Crippen LogP contribution is 2.57. The van der Waals surface area contributed by atoms with Gasteiger partial charge in [0.05, 0.1) is 5.41 Å². The smallest absolute Gasteiger partial charge is 0.0713 e. The van der Waals surface area contributed by atoms with Crippen molar-refractivity contribution in [2.45, 2.75) is 5.41 Å². The Hall–Kier alpha value is -9.82. The number of fused-ring (bicyclic) bond motifs is 6. The van der Waals surface area contributed by atoms with Crippen molar-refractivity contribution in [3.63, 3.8) is 0 Å². The topological polar surface area (TPSA) is 3.24 Å². The molecular formula is C75H51N. The molecule has 0 N–H and O–H groups in total. The highest BCUT2D eigenvalue weighted by Gasteiger charge is 2.46. The van der Waals surface area contributed by atoms with Crippen LogP contribution < -0.4 is 4.90 Å². The molecule has 76 heavy (non-hydrogen) atoms. The van der Waals surface area contributed by atoms with E-state index in [1.54, 1.807) is 0 Å². The van der Waals surface area contributed by atoms with Crippen molar-refractivity contribution >= 4 is 38.6 Å². The first-order valence-corrected chi connectivity index (χ1v) is 26.3. The van der Waals surface area contributed by atoms with Crippen molar-refractivity contribution in [3.8, 4) is 66.8 Å². The SMILES string of the molecule is c1ccc(-c2ccc(-c3ccc(N(c4cccc(-c5ccc6c(c5)c(-c5ccccc5)c(-c5ccccc5)c5ccccc56)c4)c4ccc5c(c4)-c4ccccc4C5(c4ccccc4)c4ccccc4)cc3)cc2)cc1. The highest BCUT2D eigenvalue weighted by atomic mass is 15.1. The Bertz CT molecular complexity index is 4180. The summed E-state index contributed by atoms with van der Waals surface area (Å²) >= 11 is 0. The lowest BCUT2D eigenvalue weighted by Crippen LogP contribution is -2.28. The summed E-state index contributed by atoms with van der Waals surface area (Å²) in [6.07, 6.45) is 0. The molecule has 0 aliphatic heterocycles. The van der Waals surface area contributed by atoms with E-state index in [1.165, 1.54) is 99.4 Å². The molecule has 0 aromatic heterocycles. The van der Waals surface area contributed by atoms with Crippen molar-refractivity contribution in [3.05, 3.63) is 332 Å². The van der Waals surface area contributed by atoms with Crippen LogP contribution in [-0.4, -0.2) is 0 Å². The van der Waals surface area contributed by atoms with Gasteiger partial charge in [0.25, 0.3) is 0 Å². The van der Waals surface area contributed by atoms with Gasteiger partial charge in [-0.15, -0.1) is 0 Å². The zero-order valence-corrected chi connectivity index (χ0v) is 41.9. The van der Waals surface area contributed by atoms with Crippen molar-refractivity contribution in [2.75, 3.05) is 4.90 Å². The van der Waals surface area contributed by atoms with Crippen LogP contribution in [0.4, 0.5) is 17.1 Å². The summed E-state index contributed by atoms with van der Waals surface area (Å²) in [6.45, 7) is 0.